The molecule has 5 nitrogen and oxygen atoms in total. The highest BCUT2D eigenvalue weighted by atomic mass is 32.2. The van der Waals surface area contributed by atoms with Crippen molar-refractivity contribution in [3.63, 3.8) is 0 Å². The van der Waals surface area contributed by atoms with Gasteiger partial charge in [-0.2, -0.15) is 0 Å². The minimum Gasteiger partial charge on any atom is -0.322 e. The van der Waals surface area contributed by atoms with E-state index in [4.69, 9.17) is 0 Å². The predicted molar refractivity (Wildman–Crippen MR) is 95.7 cm³/mol. The number of hydrogen-bond donors (Lipinski definition) is 2. The molecule has 0 radical (unpaired) electrons. The van der Waals surface area contributed by atoms with E-state index in [-0.39, 0.29) is 17.0 Å². The SMILES string of the molecule is CCCNS(=O)(=O)c1ccc(F)c(C(=O)Nc2ccccc2CC)c1. The molecule has 0 aliphatic rings. The summed E-state index contributed by atoms with van der Waals surface area (Å²) in [6.07, 6.45) is 1.33. The highest BCUT2D eigenvalue weighted by Gasteiger charge is 2.19. The van der Waals surface area contributed by atoms with Crippen molar-refractivity contribution >= 4 is 21.6 Å². The summed E-state index contributed by atoms with van der Waals surface area (Å²) in [5.74, 6) is -1.47. The van der Waals surface area contributed by atoms with Crippen LogP contribution in [0.25, 0.3) is 0 Å². The highest BCUT2D eigenvalue weighted by molar-refractivity contribution is 7.89. The molecule has 0 saturated carbocycles. The first-order valence-corrected chi connectivity index (χ1v) is 9.55. The van der Waals surface area contributed by atoms with Gasteiger partial charge in [0.2, 0.25) is 10.0 Å². The zero-order valence-corrected chi connectivity index (χ0v) is 15.0. The number of para-hydroxylation sites is 1. The summed E-state index contributed by atoms with van der Waals surface area (Å²) in [7, 11) is -3.78. The van der Waals surface area contributed by atoms with Crippen molar-refractivity contribution in [1.29, 1.82) is 0 Å². The van der Waals surface area contributed by atoms with E-state index in [2.05, 4.69) is 10.0 Å². The molecule has 0 heterocycles. The van der Waals surface area contributed by atoms with E-state index in [0.29, 0.717) is 18.5 Å². The number of rotatable bonds is 7. The van der Waals surface area contributed by atoms with Gasteiger partial charge in [0.25, 0.3) is 5.91 Å². The molecule has 2 aromatic rings. The fourth-order valence-electron chi connectivity index (χ4n) is 2.31. The quantitative estimate of drug-likeness (QED) is 0.791. The number of carbonyl (C=O) groups is 1. The van der Waals surface area contributed by atoms with E-state index in [9.17, 15) is 17.6 Å². The molecule has 2 rings (SSSR count). The van der Waals surface area contributed by atoms with Gasteiger partial charge in [-0.25, -0.2) is 17.5 Å². The Morgan fingerprint density at radius 3 is 2.52 bits per heavy atom. The summed E-state index contributed by atoms with van der Waals surface area (Å²) in [6.45, 7) is 4.04. The summed E-state index contributed by atoms with van der Waals surface area (Å²) in [4.78, 5) is 12.3. The molecule has 2 N–H and O–H groups in total. The Morgan fingerprint density at radius 2 is 1.84 bits per heavy atom. The minimum absolute atomic E-state index is 0.142. The molecule has 7 heteroatoms. The van der Waals surface area contributed by atoms with Gasteiger partial charge in [-0.15, -0.1) is 0 Å². The van der Waals surface area contributed by atoms with E-state index < -0.39 is 21.7 Å². The van der Waals surface area contributed by atoms with E-state index in [1.807, 2.05) is 26.0 Å². The first kappa shape index (κ1) is 19.1. The third kappa shape index (κ3) is 4.64. The monoisotopic (exact) mass is 364 g/mol. The Balaban J connectivity index is 2.32. The van der Waals surface area contributed by atoms with Crippen molar-refractivity contribution in [1.82, 2.24) is 4.72 Å². The van der Waals surface area contributed by atoms with E-state index in [1.54, 1.807) is 12.1 Å². The number of amides is 1. The molecular weight excluding hydrogens is 343 g/mol. The van der Waals surface area contributed by atoms with E-state index >= 15 is 0 Å². The standard InChI is InChI=1S/C18H21FN2O3S/c1-3-11-20-25(23,24)14-9-10-16(19)15(12-14)18(22)21-17-8-6-5-7-13(17)4-2/h5-10,12,20H,3-4,11H2,1-2H3,(H,21,22). The van der Waals surface area contributed by atoms with Crippen LogP contribution in [0.4, 0.5) is 10.1 Å². The fourth-order valence-corrected chi connectivity index (χ4v) is 3.47. The third-order valence-electron chi connectivity index (χ3n) is 3.68. The van der Waals surface area contributed by atoms with Gasteiger partial charge in [0.1, 0.15) is 5.82 Å². The molecule has 0 spiro atoms. The van der Waals surface area contributed by atoms with Gasteiger partial charge in [0, 0.05) is 12.2 Å². The molecule has 134 valence electrons. The molecule has 0 unspecified atom stereocenters. The number of sulfonamides is 1. The lowest BCUT2D eigenvalue weighted by molar-refractivity contribution is 0.102. The first-order valence-electron chi connectivity index (χ1n) is 8.07. The van der Waals surface area contributed by atoms with E-state index in [1.165, 1.54) is 0 Å². The van der Waals surface area contributed by atoms with E-state index in [0.717, 1.165) is 23.8 Å². The second-order valence-corrected chi connectivity index (χ2v) is 7.27. The van der Waals surface area contributed by atoms with Gasteiger partial charge in [-0.3, -0.25) is 4.79 Å². The number of aryl methyl sites for hydroxylation is 1. The maximum absolute atomic E-state index is 14.1. The Bertz CT molecular complexity index is 866. The summed E-state index contributed by atoms with van der Waals surface area (Å²) in [6, 6.07) is 10.4. The summed E-state index contributed by atoms with van der Waals surface area (Å²) < 4.78 is 40.8. The molecule has 25 heavy (non-hydrogen) atoms. The molecular formula is C18H21FN2O3S. The van der Waals surface area contributed by atoms with Crippen LogP contribution >= 0.6 is 0 Å². The van der Waals surface area contributed by atoms with Crippen LogP contribution in [0.5, 0.6) is 0 Å². The van der Waals surface area contributed by atoms with Crippen molar-refractivity contribution in [3.8, 4) is 0 Å². The number of halogens is 1. The number of anilines is 1. The van der Waals surface area contributed by atoms with Gasteiger partial charge < -0.3 is 5.32 Å². The molecule has 0 atom stereocenters. The van der Waals surface area contributed by atoms with Crippen molar-refractivity contribution in [2.24, 2.45) is 0 Å². The fraction of sp³-hybridized carbons (Fsp3) is 0.278. The highest BCUT2D eigenvalue weighted by Crippen LogP contribution is 2.20. The van der Waals surface area contributed by atoms with Crippen LogP contribution in [0.1, 0.15) is 36.2 Å². The van der Waals surface area contributed by atoms with Crippen LogP contribution in [-0.2, 0) is 16.4 Å². The van der Waals surface area contributed by atoms with Crippen molar-refractivity contribution in [2.75, 3.05) is 11.9 Å². The maximum Gasteiger partial charge on any atom is 0.258 e. The molecule has 0 aliphatic carbocycles. The first-order chi connectivity index (χ1) is 11.9. The predicted octanol–water partition coefficient (Wildman–Crippen LogP) is 3.33. The number of hydrogen-bond acceptors (Lipinski definition) is 3. The Labute approximate surface area is 147 Å². The van der Waals surface area contributed by atoms with Gasteiger partial charge in [0.05, 0.1) is 10.5 Å². The average molecular weight is 364 g/mol. The maximum atomic E-state index is 14.1. The lowest BCUT2D eigenvalue weighted by atomic mass is 10.1. The van der Waals surface area contributed by atoms with Crippen molar-refractivity contribution in [3.05, 3.63) is 59.4 Å². The Hall–Kier alpha value is -2.25. The van der Waals surface area contributed by atoms with Gasteiger partial charge in [-0.1, -0.05) is 32.0 Å². The third-order valence-corrected chi connectivity index (χ3v) is 5.14. The van der Waals surface area contributed by atoms with Crippen molar-refractivity contribution in [2.45, 2.75) is 31.6 Å². The molecule has 0 aliphatic heterocycles. The lowest BCUT2D eigenvalue weighted by Gasteiger charge is -2.11. The normalized spacial score (nSPS) is 11.3. The molecule has 0 saturated heterocycles. The molecule has 0 aromatic heterocycles. The van der Waals surface area contributed by atoms with Crippen molar-refractivity contribution < 1.29 is 17.6 Å². The molecule has 2 aromatic carbocycles. The van der Waals surface area contributed by atoms with Crippen LogP contribution in [0.2, 0.25) is 0 Å². The summed E-state index contributed by atoms with van der Waals surface area (Å²) in [5.41, 5.74) is 1.17. The zero-order chi connectivity index (χ0) is 18.4. The van der Waals surface area contributed by atoms with Crippen LogP contribution in [0.3, 0.4) is 0 Å². The number of nitrogens with one attached hydrogen (secondary N) is 2. The smallest absolute Gasteiger partial charge is 0.258 e. The average Bonchev–Trinajstić information content (AvgIpc) is 2.60. The Kier molecular flexibility index (Phi) is 6.27. The van der Waals surface area contributed by atoms with Gasteiger partial charge in [-0.05, 0) is 42.7 Å². The molecule has 1 amide bonds. The van der Waals surface area contributed by atoms with Crippen LogP contribution in [-0.4, -0.2) is 20.9 Å². The second kappa shape index (κ2) is 8.22. The largest absolute Gasteiger partial charge is 0.322 e. The Morgan fingerprint density at radius 1 is 1.12 bits per heavy atom. The van der Waals surface area contributed by atoms with Gasteiger partial charge in [0.15, 0.2) is 0 Å². The number of benzene rings is 2. The molecule has 0 fully saturated rings. The number of carbonyl (C=O) groups excluding carboxylic acids is 1. The summed E-state index contributed by atoms with van der Waals surface area (Å²) in [5, 5.41) is 2.65. The van der Waals surface area contributed by atoms with Crippen LogP contribution in [0, 0.1) is 5.82 Å². The van der Waals surface area contributed by atoms with Crippen LogP contribution in [0.15, 0.2) is 47.4 Å². The topological polar surface area (TPSA) is 75.3 Å². The van der Waals surface area contributed by atoms with Gasteiger partial charge >= 0.3 is 0 Å². The minimum atomic E-state index is -3.78. The second-order valence-electron chi connectivity index (χ2n) is 5.50. The van der Waals surface area contributed by atoms with Crippen LogP contribution < -0.4 is 10.0 Å². The zero-order valence-electron chi connectivity index (χ0n) is 14.2. The summed E-state index contributed by atoms with van der Waals surface area (Å²) >= 11 is 0. The molecule has 0 bridgehead atoms. The lowest BCUT2D eigenvalue weighted by Crippen LogP contribution is -2.25.